The summed E-state index contributed by atoms with van der Waals surface area (Å²) in [6, 6.07) is 10.8. The third-order valence-corrected chi connectivity index (χ3v) is 4.61. The molecular formula is C17H15ClN2O3S. The molecular weight excluding hydrogens is 348 g/mol. The van der Waals surface area contributed by atoms with E-state index in [1.165, 1.54) is 11.3 Å². The summed E-state index contributed by atoms with van der Waals surface area (Å²) in [5.41, 5.74) is 1.09. The minimum atomic E-state index is -0.233. The van der Waals surface area contributed by atoms with Gasteiger partial charge in [-0.25, -0.2) is 0 Å². The zero-order valence-corrected chi connectivity index (χ0v) is 14.7. The largest absolute Gasteiger partial charge is 0.496 e. The second-order valence-corrected chi connectivity index (χ2v) is 6.56. The zero-order chi connectivity index (χ0) is 17.1. The standard InChI is InChI=1S/C17H15ClN2O3S/c1-20(10-11-8-12(18)5-6-14(11)22-2)17(21)13-9-15(23-19-13)16-4-3-7-24-16/h3-9H,10H2,1-2H3. The molecule has 0 radical (unpaired) electrons. The van der Waals surface area contributed by atoms with Crippen LogP contribution in [0.15, 0.2) is 46.3 Å². The monoisotopic (exact) mass is 362 g/mol. The molecule has 0 saturated carbocycles. The van der Waals surface area contributed by atoms with Crippen LogP contribution >= 0.6 is 22.9 Å². The quantitative estimate of drug-likeness (QED) is 0.677. The summed E-state index contributed by atoms with van der Waals surface area (Å²) < 4.78 is 10.6. The lowest BCUT2D eigenvalue weighted by atomic mass is 10.2. The van der Waals surface area contributed by atoms with Gasteiger partial charge in [0.15, 0.2) is 11.5 Å². The van der Waals surface area contributed by atoms with E-state index in [-0.39, 0.29) is 11.6 Å². The summed E-state index contributed by atoms with van der Waals surface area (Å²) in [4.78, 5) is 15.0. The Bertz CT molecular complexity index is 845. The van der Waals surface area contributed by atoms with Crippen LogP contribution in [0.1, 0.15) is 16.1 Å². The third kappa shape index (κ3) is 3.44. The van der Waals surface area contributed by atoms with Gasteiger partial charge in [0.2, 0.25) is 0 Å². The SMILES string of the molecule is COc1ccc(Cl)cc1CN(C)C(=O)c1cc(-c2cccs2)on1. The first kappa shape index (κ1) is 16.5. The fourth-order valence-corrected chi connectivity index (χ4v) is 3.17. The number of halogens is 1. The molecule has 0 atom stereocenters. The fraction of sp³-hybridized carbons (Fsp3) is 0.176. The van der Waals surface area contributed by atoms with Crippen molar-refractivity contribution in [3.63, 3.8) is 0 Å². The number of carbonyl (C=O) groups is 1. The summed E-state index contributed by atoms with van der Waals surface area (Å²) in [6.45, 7) is 0.351. The number of ether oxygens (including phenoxy) is 1. The Balaban J connectivity index is 1.77. The van der Waals surface area contributed by atoms with E-state index in [2.05, 4.69) is 5.16 Å². The third-order valence-electron chi connectivity index (χ3n) is 3.49. The number of rotatable bonds is 5. The second kappa shape index (κ2) is 7.07. The average molecular weight is 363 g/mol. The molecule has 0 bridgehead atoms. The topological polar surface area (TPSA) is 55.6 Å². The van der Waals surface area contributed by atoms with Crippen molar-refractivity contribution in [1.82, 2.24) is 10.1 Å². The van der Waals surface area contributed by atoms with Gasteiger partial charge in [-0.1, -0.05) is 22.8 Å². The van der Waals surface area contributed by atoms with Crippen LogP contribution in [0.4, 0.5) is 0 Å². The van der Waals surface area contributed by atoms with Gasteiger partial charge in [-0.3, -0.25) is 4.79 Å². The molecule has 0 aliphatic rings. The van der Waals surface area contributed by atoms with Crippen molar-refractivity contribution in [3.8, 4) is 16.4 Å². The Kier molecular flexibility index (Phi) is 4.87. The lowest BCUT2D eigenvalue weighted by Gasteiger charge is -2.17. The molecule has 2 aromatic heterocycles. The average Bonchev–Trinajstić information content (AvgIpc) is 3.25. The molecule has 1 amide bonds. The van der Waals surface area contributed by atoms with Gasteiger partial charge < -0.3 is 14.2 Å². The maximum absolute atomic E-state index is 12.5. The molecule has 124 valence electrons. The minimum absolute atomic E-state index is 0.233. The molecule has 3 aromatic rings. The molecule has 0 aliphatic heterocycles. The number of hydrogen-bond acceptors (Lipinski definition) is 5. The molecule has 5 nitrogen and oxygen atoms in total. The highest BCUT2D eigenvalue weighted by Gasteiger charge is 2.19. The predicted octanol–water partition coefficient (Wildman–Crippen LogP) is 4.34. The van der Waals surface area contributed by atoms with Crippen molar-refractivity contribution in [2.45, 2.75) is 6.54 Å². The molecule has 0 spiro atoms. The molecule has 0 saturated heterocycles. The Morgan fingerprint density at radius 2 is 2.21 bits per heavy atom. The summed E-state index contributed by atoms with van der Waals surface area (Å²) in [5.74, 6) is 1.03. The Labute approximate surface area is 148 Å². The molecule has 0 fully saturated rings. The summed E-state index contributed by atoms with van der Waals surface area (Å²) in [7, 11) is 3.28. The maximum atomic E-state index is 12.5. The van der Waals surface area contributed by atoms with Gasteiger partial charge in [-0.05, 0) is 29.6 Å². The van der Waals surface area contributed by atoms with E-state index >= 15 is 0 Å². The number of benzene rings is 1. The summed E-state index contributed by atoms with van der Waals surface area (Å²) >= 11 is 7.56. The van der Waals surface area contributed by atoms with Gasteiger partial charge in [0.1, 0.15) is 5.75 Å². The van der Waals surface area contributed by atoms with Crippen LogP contribution in [0.3, 0.4) is 0 Å². The Hall–Kier alpha value is -2.31. The van der Waals surface area contributed by atoms with Crippen LogP contribution in [-0.4, -0.2) is 30.1 Å². The van der Waals surface area contributed by atoms with Crippen molar-refractivity contribution in [1.29, 1.82) is 0 Å². The number of aromatic nitrogens is 1. The lowest BCUT2D eigenvalue weighted by molar-refractivity contribution is 0.0774. The van der Waals surface area contributed by atoms with Gasteiger partial charge in [0.05, 0.1) is 12.0 Å². The number of amides is 1. The van der Waals surface area contributed by atoms with E-state index in [9.17, 15) is 4.79 Å². The van der Waals surface area contributed by atoms with E-state index in [0.717, 1.165) is 10.4 Å². The normalized spacial score (nSPS) is 10.6. The van der Waals surface area contributed by atoms with E-state index in [0.29, 0.717) is 23.1 Å². The van der Waals surface area contributed by atoms with Crippen LogP contribution in [0.2, 0.25) is 5.02 Å². The fourth-order valence-electron chi connectivity index (χ4n) is 2.30. The van der Waals surface area contributed by atoms with Crippen molar-refractivity contribution in [2.75, 3.05) is 14.2 Å². The van der Waals surface area contributed by atoms with Gasteiger partial charge in [-0.2, -0.15) is 0 Å². The number of methoxy groups -OCH3 is 1. The highest BCUT2D eigenvalue weighted by molar-refractivity contribution is 7.13. The number of carbonyl (C=O) groups excluding carboxylic acids is 1. The van der Waals surface area contributed by atoms with Crippen LogP contribution in [0.5, 0.6) is 5.75 Å². The van der Waals surface area contributed by atoms with Crippen LogP contribution in [0.25, 0.3) is 10.6 Å². The first-order valence-electron chi connectivity index (χ1n) is 7.17. The lowest BCUT2D eigenvalue weighted by Crippen LogP contribution is -2.26. The Morgan fingerprint density at radius 3 is 2.92 bits per heavy atom. The summed E-state index contributed by atoms with van der Waals surface area (Å²) in [6.07, 6.45) is 0. The van der Waals surface area contributed by atoms with Crippen molar-refractivity contribution >= 4 is 28.8 Å². The zero-order valence-electron chi connectivity index (χ0n) is 13.2. The molecule has 0 aliphatic carbocycles. The van der Waals surface area contributed by atoms with Crippen molar-refractivity contribution in [2.24, 2.45) is 0 Å². The smallest absolute Gasteiger partial charge is 0.276 e. The maximum Gasteiger partial charge on any atom is 0.276 e. The molecule has 0 unspecified atom stereocenters. The first-order valence-corrected chi connectivity index (χ1v) is 8.42. The van der Waals surface area contributed by atoms with E-state index in [4.69, 9.17) is 20.9 Å². The van der Waals surface area contributed by atoms with E-state index < -0.39 is 0 Å². The Morgan fingerprint density at radius 1 is 1.38 bits per heavy atom. The van der Waals surface area contributed by atoms with Gasteiger partial charge in [-0.15, -0.1) is 11.3 Å². The molecule has 0 N–H and O–H groups in total. The van der Waals surface area contributed by atoms with Crippen LogP contribution in [-0.2, 0) is 6.54 Å². The van der Waals surface area contributed by atoms with Crippen molar-refractivity contribution in [3.05, 3.63) is 58.1 Å². The minimum Gasteiger partial charge on any atom is -0.496 e. The molecule has 3 rings (SSSR count). The van der Waals surface area contributed by atoms with Gasteiger partial charge >= 0.3 is 0 Å². The highest BCUT2D eigenvalue weighted by Crippen LogP contribution is 2.27. The van der Waals surface area contributed by atoms with Gasteiger partial charge in [0, 0.05) is 30.2 Å². The molecule has 1 aromatic carbocycles. The van der Waals surface area contributed by atoms with E-state index in [1.807, 2.05) is 17.5 Å². The second-order valence-electron chi connectivity index (χ2n) is 5.17. The first-order chi connectivity index (χ1) is 11.6. The molecule has 7 heteroatoms. The number of thiophene rings is 1. The molecule has 24 heavy (non-hydrogen) atoms. The predicted molar refractivity (Wildman–Crippen MR) is 93.6 cm³/mol. The van der Waals surface area contributed by atoms with Crippen LogP contribution in [0, 0.1) is 0 Å². The van der Waals surface area contributed by atoms with E-state index in [1.54, 1.807) is 43.3 Å². The number of nitrogens with zero attached hydrogens (tertiary/aromatic N) is 2. The highest BCUT2D eigenvalue weighted by atomic mass is 35.5. The summed E-state index contributed by atoms with van der Waals surface area (Å²) in [5, 5.41) is 6.41. The molecule has 2 heterocycles. The van der Waals surface area contributed by atoms with Crippen LogP contribution < -0.4 is 4.74 Å². The number of hydrogen-bond donors (Lipinski definition) is 0. The van der Waals surface area contributed by atoms with Crippen molar-refractivity contribution < 1.29 is 14.1 Å². The van der Waals surface area contributed by atoms with Gasteiger partial charge in [0.25, 0.3) is 5.91 Å².